The third kappa shape index (κ3) is 4.87. The lowest BCUT2D eigenvalue weighted by Gasteiger charge is -2.23. The van der Waals surface area contributed by atoms with Crippen molar-refractivity contribution in [3.05, 3.63) is 47.3 Å². The molecule has 0 spiro atoms. The summed E-state index contributed by atoms with van der Waals surface area (Å²) >= 11 is 2.87. The van der Waals surface area contributed by atoms with Crippen LogP contribution in [0.3, 0.4) is 0 Å². The number of hydrogen-bond acceptors (Lipinski definition) is 7. The van der Waals surface area contributed by atoms with Crippen molar-refractivity contribution in [2.75, 3.05) is 12.4 Å². The molecule has 3 aromatic rings. The van der Waals surface area contributed by atoms with Crippen LogP contribution in [0.5, 0.6) is 5.75 Å². The van der Waals surface area contributed by atoms with Crippen molar-refractivity contribution >= 4 is 23.1 Å². The van der Waals surface area contributed by atoms with Crippen molar-refractivity contribution in [1.82, 2.24) is 10.2 Å². The fourth-order valence-electron chi connectivity index (χ4n) is 2.38. The zero-order valence-electron chi connectivity index (χ0n) is 15.0. The predicted octanol–water partition coefficient (Wildman–Crippen LogP) is 4.63. The van der Waals surface area contributed by atoms with Gasteiger partial charge in [-0.1, -0.05) is 56.8 Å². The molecule has 5 nitrogen and oxygen atoms in total. The topological polar surface area (TPSA) is 68.4 Å². The number of para-hydroxylation sites is 1. The van der Waals surface area contributed by atoms with E-state index < -0.39 is 6.10 Å². The highest BCUT2D eigenvalue weighted by Crippen LogP contribution is 2.31. The van der Waals surface area contributed by atoms with Crippen LogP contribution in [0.25, 0.3) is 10.8 Å². The normalized spacial score (nSPS) is 12.9. The number of benzene rings is 1. The Kier molecular flexibility index (Phi) is 6.01. The molecule has 2 heterocycles. The fraction of sp³-hybridized carbons (Fsp3) is 0.368. The molecule has 26 heavy (non-hydrogen) atoms. The molecule has 1 aromatic carbocycles. The molecule has 138 valence electrons. The highest BCUT2D eigenvalue weighted by atomic mass is 32.2. The summed E-state index contributed by atoms with van der Waals surface area (Å²) in [6, 6.07) is 11.8. The molecule has 0 amide bonds. The van der Waals surface area contributed by atoms with Gasteiger partial charge >= 0.3 is 0 Å². The van der Waals surface area contributed by atoms with Gasteiger partial charge in [0, 0.05) is 5.75 Å². The number of rotatable bonds is 7. The molecular formula is C19H22N2O3S2. The lowest BCUT2D eigenvalue weighted by atomic mass is 9.86. The van der Waals surface area contributed by atoms with E-state index in [1.165, 1.54) is 11.8 Å². The second-order valence-electron chi connectivity index (χ2n) is 6.87. The van der Waals surface area contributed by atoms with Gasteiger partial charge in [-0.3, -0.25) is 0 Å². The first-order chi connectivity index (χ1) is 12.4. The van der Waals surface area contributed by atoms with Crippen molar-refractivity contribution in [3.63, 3.8) is 0 Å². The van der Waals surface area contributed by atoms with Crippen molar-refractivity contribution in [1.29, 1.82) is 0 Å². The molecule has 0 aliphatic rings. The number of aliphatic hydroxyl groups is 1. The molecule has 1 atom stereocenters. The Morgan fingerprint density at radius 2 is 2.00 bits per heavy atom. The quantitative estimate of drug-likeness (QED) is 0.593. The molecule has 3 rings (SSSR count). The van der Waals surface area contributed by atoms with E-state index >= 15 is 0 Å². The largest absolute Gasteiger partial charge is 0.491 e. The van der Waals surface area contributed by atoms with Crippen molar-refractivity contribution < 1.29 is 14.3 Å². The van der Waals surface area contributed by atoms with Crippen LogP contribution in [0.4, 0.5) is 0 Å². The molecule has 2 aromatic heterocycles. The van der Waals surface area contributed by atoms with Gasteiger partial charge in [0.2, 0.25) is 0 Å². The molecule has 0 saturated carbocycles. The number of hydrogen-bond donors (Lipinski definition) is 1. The van der Waals surface area contributed by atoms with Gasteiger partial charge in [-0.05, 0) is 28.5 Å². The molecule has 1 unspecified atom stereocenters. The van der Waals surface area contributed by atoms with E-state index in [-0.39, 0.29) is 12.0 Å². The maximum atomic E-state index is 10.2. The van der Waals surface area contributed by atoms with Crippen LogP contribution in [0.1, 0.15) is 26.3 Å². The van der Waals surface area contributed by atoms with E-state index in [2.05, 4.69) is 37.0 Å². The lowest BCUT2D eigenvalue weighted by molar-refractivity contribution is 0.125. The Hall–Kier alpha value is -1.83. The summed E-state index contributed by atoms with van der Waals surface area (Å²) in [7, 11) is 0. The molecule has 0 aliphatic heterocycles. The van der Waals surface area contributed by atoms with Crippen molar-refractivity contribution in [2.45, 2.75) is 37.5 Å². The number of nitrogens with zero attached hydrogens (tertiary/aromatic N) is 2. The first kappa shape index (κ1) is 18.9. The summed E-state index contributed by atoms with van der Waals surface area (Å²) in [6.45, 7) is 6.64. The number of thiophene rings is 1. The van der Waals surface area contributed by atoms with Gasteiger partial charge in [0.15, 0.2) is 0 Å². The van der Waals surface area contributed by atoms with Crippen molar-refractivity contribution in [2.24, 2.45) is 0 Å². The summed E-state index contributed by atoms with van der Waals surface area (Å²) < 4.78 is 11.5. The van der Waals surface area contributed by atoms with E-state index in [1.807, 2.05) is 35.7 Å². The minimum atomic E-state index is -0.634. The van der Waals surface area contributed by atoms with E-state index in [1.54, 1.807) is 11.3 Å². The van der Waals surface area contributed by atoms with Crippen LogP contribution in [-0.4, -0.2) is 33.8 Å². The minimum Gasteiger partial charge on any atom is -0.491 e. The Labute approximate surface area is 161 Å². The highest BCUT2D eigenvalue weighted by molar-refractivity contribution is 7.99. The van der Waals surface area contributed by atoms with E-state index in [4.69, 9.17) is 9.15 Å². The highest BCUT2D eigenvalue weighted by Gasteiger charge is 2.19. The lowest BCUT2D eigenvalue weighted by Crippen LogP contribution is -2.22. The molecule has 1 N–H and O–H groups in total. The molecule has 0 radical (unpaired) electrons. The number of thioether (sulfide) groups is 1. The summed E-state index contributed by atoms with van der Waals surface area (Å²) in [6.07, 6.45) is -0.634. The number of aromatic nitrogens is 2. The average Bonchev–Trinajstić information content (AvgIpc) is 3.28. The number of aliphatic hydroxyl groups excluding tert-OH is 1. The SMILES string of the molecule is CC(C)(C)c1ccccc1OCC(O)CSc1nnc(-c2cccs2)o1. The van der Waals surface area contributed by atoms with Crippen LogP contribution >= 0.6 is 23.1 Å². The Bertz CT molecular complexity index is 825. The Morgan fingerprint density at radius 3 is 2.73 bits per heavy atom. The smallest absolute Gasteiger partial charge is 0.276 e. The maximum Gasteiger partial charge on any atom is 0.276 e. The van der Waals surface area contributed by atoms with Gasteiger partial charge in [0.25, 0.3) is 11.1 Å². The van der Waals surface area contributed by atoms with E-state index in [0.717, 1.165) is 16.2 Å². The van der Waals surface area contributed by atoms with E-state index in [0.29, 0.717) is 16.9 Å². The standard InChI is InChI=1S/C19H22N2O3S2/c1-19(2,3)14-7-4-5-8-15(14)23-11-13(22)12-26-18-21-20-17(24-18)16-9-6-10-25-16/h4-10,13,22H,11-12H2,1-3H3. The number of ether oxygens (including phenoxy) is 1. The molecular weight excluding hydrogens is 368 g/mol. The van der Waals surface area contributed by atoms with Gasteiger partial charge in [-0.2, -0.15) is 0 Å². The molecule has 0 fully saturated rings. The van der Waals surface area contributed by atoms with Crippen LogP contribution in [0, 0.1) is 0 Å². The molecule has 7 heteroatoms. The first-order valence-corrected chi connectivity index (χ1v) is 10.2. The van der Waals surface area contributed by atoms with Gasteiger partial charge in [-0.25, -0.2) is 0 Å². The second kappa shape index (κ2) is 8.24. The Balaban J connectivity index is 1.52. The fourth-order valence-corrected chi connectivity index (χ4v) is 3.69. The van der Waals surface area contributed by atoms with Crippen LogP contribution in [-0.2, 0) is 5.41 Å². The maximum absolute atomic E-state index is 10.2. The van der Waals surface area contributed by atoms with Gasteiger partial charge in [0.1, 0.15) is 12.4 Å². The van der Waals surface area contributed by atoms with E-state index in [9.17, 15) is 5.11 Å². The summed E-state index contributed by atoms with van der Waals surface area (Å²) in [5.74, 6) is 1.73. The van der Waals surface area contributed by atoms with Gasteiger partial charge < -0.3 is 14.3 Å². The first-order valence-electron chi connectivity index (χ1n) is 8.34. The zero-order valence-corrected chi connectivity index (χ0v) is 16.6. The molecule has 0 bridgehead atoms. The van der Waals surface area contributed by atoms with Crippen LogP contribution in [0.15, 0.2) is 51.4 Å². The molecule has 0 saturated heterocycles. The van der Waals surface area contributed by atoms with Gasteiger partial charge in [-0.15, -0.1) is 21.5 Å². The van der Waals surface area contributed by atoms with Crippen LogP contribution < -0.4 is 4.74 Å². The zero-order chi connectivity index (χ0) is 18.6. The predicted molar refractivity (Wildman–Crippen MR) is 105 cm³/mol. The third-order valence-corrected chi connectivity index (χ3v) is 5.49. The third-order valence-electron chi connectivity index (χ3n) is 3.66. The van der Waals surface area contributed by atoms with Crippen LogP contribution in [0.2, 0.25) is 0 Å². The average molecular weight is 391 g/mol. The monoisotopic (exact) mass is 390 g/mol. The summed E-state index contributed by atoms with van der Waals surface area (Å²) in [5, 5.41) is 20.7. The van der Waals surface area contributed by atoms with Gasteiger partial charge in [0.05, 0.1) is 11.0 Å². The summed E-state index contributed by atoms with van der Waals surface area (Å²) in [5.41, 5.74) is 1.11. The second-order valence-corrected chi connectivity index (χ2v) is 8.79. The van der Waals surface area contributed by atoms with Crippen molar-refractivity contribution in [3.8, 4) is 16.5 Å². The summed E-state index contributed by atoms with van der Waals surface area (Å²) in [4.78, 5) is 0.937. The Morgan fingerprint density at radius 1 is 1.19 bits per heavy atom. The molecule has 0 aliphatic carbocycles. The minimum absolute atomic E-state index is 0.0156.